The van der Waals surface area contributed by atoms with Crippen LogP contribution in [0.1, 0.15) is 32.6 Å². The molecule has 1 saturated heterocycles. The molecule has 19 heavy (non-hydrogen) atoms. The van der Waals surface area contributed by atoms with Crippen LogP contribution in [0, 0.1) is 5.92 Å². The second-order valence-corrected chi connectivity index (χ2v) is 5.34. The zero-order valence-corrected chi connectivity index (χ0v) is 11.5. The topological polar surface area (TPSA) is 61.4 Å². The number of rotatable bonds is 6. The minimum Gasteiger partial charge on any atom is -0.339 e. The van der Waals surface area contributed by atoms with Gasteiger partial charge in [0.2, 0.25) is 5.91 Å². The lowest BCUT2D eigenvalue weighted by atomic mass is 10.1. The summed E-state index contributed by atoms with van der Waals surface area (Å²) in [6.45, 7) is 4.00. The number of amides is 3. The van der Waals surface area contributed by atoms with Gasteiger partial charge in [-0.2, -0.15) is 0 Å². The van der Waals surface area contributed by atoms with Crippen LogP contribution in [0.3, 0.4) is 0 Å². The Morgan fingerprint density at radius 3 is 2.89 bits per heavy atom. The molecule has 0 aromatic rings. The number of hydrogen-bond donors (Lipinski definition) is 2. The Balaban J connectivity index is 1.60. The van der Waals surface area contributed by atoms with E-state index >= 15 is 0 Å². The molecule has 106 valence electrons. The number of carbonyl (C=O) groups excluding carboxylic acids is 2. The van der Waals surface area contributed by atoms with Crippen LogP contribution in [-0.2, 0) is 4.79 Å². The van der Waals surface area contributed by atoms with E-state index in [-0.39, 0.29) is 17.9 Å². The van der Waals surface area contributed by atoms with E-state index in [4.69, 9.17) is 0 Å². The SMILES string of the molecule is CC=CCCNC(=O)NCC1CC(=O)N(C2CC2)C1. The first-order valence-electron chi connectivity index (χ1n) is 7.13. The van der Waals surface area contributed by atoms with Gasteiger partial charge >= 0.3 is 6.03 Å². The number of allylic oxidation sites excluding steroid dienone is 1. The minimum absolute atomic E-state index is 0.137. The fourth-order valence-corrected chi connectivity index (χ4v) is 2.42. The molecule has 5 heteroatoms. The first kappa shape index (κ1) is 13.9. The fraction of sp³-hybridized carbons (Fsp3) is 0.714. The molecule has 1 saturated carbocycles. The maximum Gasteiger partial charge on any atom is 0.314 e. The molecule has 3 amide bonds. The molecular formula is C14H23N3O2. The van der Waals surface area contributed by atoms with E-state index in [1.807, 2.05) is 24.0 Å². The van der Waals surface area contributed by atoms with Crippen LogP contribution in [0.2, 0.25) is 0 Å². The molecule has 0 aromatic heterocycles. The molecule has 2 aliphatic rings. The third-order valence-electron chi connectivity index (χ3n) is 3.61. The number of likely N-dealkylation sites (tertiary alicyclic amines) is 1. The molecule has 0 spiro atoms. The first-order chi connectivity index (χ1) is 9.20. The third kappa shape index (κ3) is 4.26. The van der Waals surface area contributed by atoms with E-state index in [0.29, 0.717) is 25.6 Å². The van der Waals surface area contributed by atoms with Crippen LogP contribution in [0.25, 0.3) is 0 Å². The van der Waals surface area contributed by atoms with E-state index in [9.17, 15) is 9.59 Å². The third-order valence-corrected chi connectivity index (χ3v) is 3.61. The Labute approximate surface area is 114 Å². The molecule has 0 bridgehead atoms. The van der Waals surface area contributed by atoms with Crippen LogP contribution in [0.15, 0.2) is 12.2 Å². The summed E-state index contributed by atoms with van der Waals surface area (Å²) in [6.07, 6.45) is 7.71. The molecule has 2 fully saturated rings. The normalized spacial score (nSPS) is 23.1. The van der Waals surface area contributed by atoms with Gasteiger partial charge in [-0.15, -0.1) is 0 Å². The van der Waals surface area contributed by atoms with Gasteiger partial charge in [-0.25, -0.2) is 4.79 Å². The van der Waals surface area contributed by atoms with Crippen LogP contribution in [-0.4, -0.2) is 42.5 Å². The van der Waals surface area contributed by atoms with Gasteiger partial charge in [0.05, 0.1) is 0 Å². The van der Waals surface area contributed by atoms with Crippen LogP contribution < -0.4 is 10.6 Å². The second kappa shape index (κ2) is 6.59. The summed E-state index contributed by atoms with van der Waals surface area (Å²) in [5, 5.41) is 5.65. The molecule has 1 atom stereocenters. The zero-order valence-electron chi connectivity index (χ0n) is 11.5. The molecule has 1 unspecified atom stereocenters. The zero-order chi connectivity index (χ0) is 13.7. The summed E-state index contributed by atoms with van der Waals surface area (Å²) in [4.78, 5) is 25.3. The lowest BCUT2D eigenvalue weighted by molar-refractivity contribution is -0.128. The Morgan fingerprint density at radius 1 is 1.42 bits per heavy atom. The molecule has 0 radical (unpaired) electrons. The number of urea groups is 1. The van der Waals surface area contributed by atoms with Gasteiger partial charge in [0.15, 0.2) is 0 Å². The number of nitrogens with zero attached hydrogens (tertiary/aromatic N) is 1. The minimum atomic E-state index is -0.137. The summed E-state index contributed by atoms with van der Waals surface area (Å²) >= 11 is 0. The Hall–Kier alpha value is -1.52. The lowest BCUT2D eigenvalue weighted by Gasteiger charge is -2.15. The second-order valence-electron chi connectivity index (χ2n) is 5.34. The first-order valence-corrected chi connectivity index (χ1v) is 7.13. The molecule has 2 rings (SSSR count). The number of nitrogens with one attached hydrogen (secondary N) is 2. The van der Waals surface area contributed by atoms with Gasteiger partial charge in [0.1, 0.15) is 0 Å². The van der Waals surface area contributed by atoms with Crippen LogP contribution >= 0.6 is 0 Å². The average Bonchev–Trinajstić information content (AvgIpc) is 3.16. The highest BCUT2D eigenvalue weighted by Crippen LogP contribution is 2.32. The van der Waals surface area contributed by atoms with Gasteiger partial charge in [-0.1, -0.05) is 12.2 Å². The van der Waals surface area contributed by atoms with E-state index in [0.717, 1.165) is 25.8 Å². The monoisotopic (exact) mass is 265 g/mol. The summed E-state index contributed by atoms with van der Waals surface area (Å²) in [7, 11) is 0. The maximum atomic E-state index is 11.7. The van der Waals surface area contributed by atoms with E-state index in [1.54, 1.807) is 0 Å². The average molecular weight is 265 g/mol. The largest absolute Gasteiger partial charge is 0.339 e. The fourth-order valence-electron chi connectivity index (χ4n) is 2.42. The molecular weight excluding hydrogens is 242 g/mol. The standard InChI is InChI=1S/C14H23N3O2/c1-2-3-4-7-15-14(19)16-9-11-8-13(18)17(10-11)12-5-6-12/h2-3,11-12H,4-10H2,1H3,(H2,15,16,19). The summed E-state index contributed by atoms with van der Waals surface area (Å²) in [5.74, 6) is 0.525. The van der Waals surface area contributed by atoms with Crippen molar-refractivity contribution in [1.29, 1.82) is 0 Å². The Bertz CT molecular complexity index is 364. The van der Waals surface area contributed by atoms with Crippen molar-refractivity contribution in [3.63, 3.8) is 0 Å². The predicted octanol–water partition coefficient (Wildman–Crippen LogP) is 1.26. The van der Waals surface area contributed by atoms with E-state index < -0.39 is 0 Å². The maximum absolute atomic E-state index is 11.7. The number of hydrogen-bond acceptors (Lipinski definition) is 2. The van der Waals surface area contributed by atoms with Crippen molar-refractivity contribution in [2.75, 3.05) is 19.6 Å². The predicted molar refractivity (Wildman–Crippen MR) is 73.7 cm³/mol. The van der Waals surface area contributed by atoms with Gasteiger partial charge in [-0.3, -0.25) is 4.79 Å². The molecule has 0 aromatic carbocycles. The van der Waals surface area contributed by atoms with E-state index in [2.05, 4.69) is 10.6 Å². The molecule has 1 aliphatic heterocycles. The van der Waals surface area contributed by atoms with E-state index in [1.165, 1.54) is 0 Å². The highest BCUT2D eigenvalue weighted by atomic mass is 16.2. The molecule has 5 nitrogen and oxygen atoms in total. The smallest absolute Gasteiger partial charge is 0.314 e. The van der Waals surface area contributed by atoms with Crippen molar-refractivity contribution in [2.45, 2.75) is 38.6 Å². The highest BCUT2D eigenvalue weighted by Gasteiger charge is 2.39. The van der Waals surface area contributed by atoms with Crippen molar-refractivity contribution < 1.29 is 9.59 Å². The molecule has 1 heterocycles. The Morgan fingerprint density at radius 2 is 2.21 bits per heavy atom. The Kier molecular flexibility index (Phi) is 4.82. The quantitative estimate of drug-likeness (QED) is 0.561. The molecule has 1 aliphatic carbocycles. The van der Waals surface area contributed by atoms with Crippen molar-refractivity contribution in [3.05, 3.63) is 12.2 Å². The van der Waals surface area contributed by atoms with Gasteiger partial charge < -0.3 is 15.5 Å². The van der Waals surface area contributed by atoms with Gasteiger partial charge in [-0.05, 0) is 26.2 Å². The van der Waals surface area contributed by atoms with Gasteiger partial charge in [0, 0.05) is 38.0 Å². The summed E-state index contributed by atoms with van der Waals surface area (Å²) < 4.78 is 0. The van der Waals surface area contributed by atoms with Crippen molar-refractivity contribution in [1.82, 2.24) is 15.5 Å². The molecule has 2 N–H and O–H groups in total. The summed E-state index contributed by atoms with van der Waals surface area (Å²) in [5.41, 5.74) is 0. The van der Waals surface area contributed by atoms with Crippen molar-refractivity contribution in [3.8, 4) is 0 Å². The summed E-state index contributed by atoms with van der Waals surface area (Å²) in [6, 6.07) is 0.356. The van der Waals surface area contributed by atoms with Crippen molar-refractivity contribution >= 4 is 11.9 Å². The van der Waals surface area contributed by atoms with Gasteiger partial charge in [0.25, 0.3) is 0 Å². The number of carbonyl (C=O) groups is 2. The van der Waals surface area contributed by atoms with Crippen molar-refractivity contribution in [2.24, 2.45) is 5.92 Å². The van der Waals surface area contributed by atoms with Crippen LogP contribution in [0.4, 0.5) is 4.79 Å². The highest BCUT2D eigenvalue weighted by molar-refractivity contribution is 5.79. The van der Waals surface area contributed by atoms with Crippen LogP contribution in [0.5, 0.6) is 0 Å². The lowest BCUT2D eigenvalue weighted by Crippen LogP contribution is -2.39.